The Kier molecular flexibility index (Phi) is 6.37. The highest BCUT2D eigenvalue weighted by Crippen LogP contribution is 2.33. The van der Waals surface area contributed by atoms with E-state index in [0.29, 0.717) is 22.9 Å². The molecule has 2 rings (SSSR count). The minimum absolute atomic E-state index is 0.0816. The van der Waals surface area contributed by atoms with E-state index in [1.54, 1.807) is 0 Å². The van der Waals surface area contributed by atoms with Crippen molar-refractivity contribution in [3.8, 4) is 9.88 Å². The molecule has 0 fully saturated rings. The minimum atomic E-state index is -0.912. The Labute approximate surface area is 153 Å². The second-order valence-corrected chi connectivity index (χ2v) is 8.10. The molecule has 2 N–H and O–H groups in total. The van der Waals surface area contributed by atoms with Crippen LogP contribution < -0.4 is 5.32 Å². The molecule has 130 valence electrons. The van der Waals surface area contributed by atoms with E-state index in [-0.39, 0.29) is 18.7 Å². The summed E-state index contributed by atoms with van der Waals surface area (Å²) in [4.78, 5) is 28.8. The third-order valence-electron chi connectivity index (χ3n) is 3.93. The van der Waals surface area contributed by atoms with Crippen LogP contribution in [0.5, 0.6) is 0 Å². The molecule has 2 heterocycles. The van der Waals surface area contributed by atoms with E-state index in [9.17, 15) is 9.59 Å². The van der Waals surface area contributed by atoms with E-state index in [2.05, 4.69) is 10.3 Å². The lowest BCUT2D eigenvalue weighted by Crippen LogP contribution is -2.49. The van der Waals surface area contributed by atoms with Crippen molar-refractivity contribution in [2.75, 3.05) is 0 Å². The molecule has 0 unspecified atom stereocenters. The number of thiophene rings is 1. The topological polar surface area (TPSA) is 79.3 Å². The molecule has 0 aliphatic rings. The van der Waals surface area contributed by atoms with Crippen molar-refractivity contribution in [2.24, 2.45) is 0 Å². The molecule has 5 nitrogen and oxygen atoms in total. The molecule has 24 heavy (non-hydrogen) atoms. The lowest BCUT2D eigenvalue weighted by molar-refractivity contribution is -0.139. The maximum Gasteiger partial charge on any atom is 0.305 e. The van der Waals surface area contributed by atoms with Crippen LogP contribution in [0.3, 0.4) is 0 Å². The van der Waals surface area contributed by atoms with Crippen LogP contribution in [0.4, 0.5) is 0 Å². The summed E-state index contributed by atoms with van der Waals surface area (Å²) in [5, 5.41) is 14.6. The van der Waals surface area contributed by atoms with Crippen LogP contribution in [0.1, 0.15) is 38.8 Å². The van der Waals surface area contributed by atoms with E-state index in [0.717, 1.165) is 9.88 Å². The SMILES string of the molecule is CCC(CC)(CC(=O)O)NC(=O)Cc1csc(-c2ccc(Cl)s2)n1. The lowest BCUT2D eigenvalue weighted by Gasteiger charge is -2.31. The van der Waals surface area contributed by atoms with Gasteiger partial charge in [-0.3, -0.25) is 9.59 Å². The van der Waals surface area contributed by atoms with E-state index in [1.807, 2.05) is 31.4 Å². The molecule has 0 spiro atoms. The Bertz CT molecular complexity index is 722. The largest absolute Gasteiger partial charge is 0.481 e. The molecule has 0 bridgehead atoms. The molecule has 0 atom stereocenters. The Balaban J connectivity index is 2.04. The number of thiazole rings is 1. The smallest absolute Gasteiger partial charge is 0.305 e. The number of amides is 1. The van der Waals surface area contributed by atoms with Crippen LogP contribution in [-0.2, 0) is 16.0 Å². The van der Waals surface area contributed by atoms with E-state index < -0.39 is 11.5 Å². The van der Waals surface area contributed by atoms with Gasteiger partial charge in [-0.1, -0.05) is 25.4 Å². The minimum Gasteiger partial charge on any atom is -0.481 e. The normalized spacial score (nSPS) is 11.5. The van der Waals surface area contributed by atoms with Gasteiger partial charge in [0.15, 0.2) is 0 Å². The van der Waals surface area contributed by atoms with Crippen molar-refractivity contribution in [3.63, 3.8) is 0 Å². The first-order chi connectivity index (χ1) is 11.4. The van der Waals surface area contributed by atoms with Crippen molar-refractivity contribution in [1.82, 2.24) is 10.3 Å². The summed E-state index contributed by atoms with van der Waals surface area (Å²) in [6.07, 6.45) is 1.19. The highest BCUT2D eigenvalue weighted by Gasteiger charge is 2.31. The summed E-state index contributed by atoms with van der Waals surface area (Å²) in [7, 11) is 0. The lowest BCUT2D eigenvalue weighted by atomic mass is 9.88. The number of carboxylic acids is 1. The van der Waals surface area contributed by atoms with Crippen molar-refractivity contribution in [2.45, 2.75) is 45.1 Å². The molecule has 0 aromatic carbocycles. The average Bonchev–Trinajstić information content (AvgIpc) is 3.14. The van der Waals surface area contributed by atoms with Gasteiger partial charge in [-0.05, 0) is 25.0 Å². The number of hydrogen-bond donors (Lipinski definition) is 2. The second-order valence-electron chi connectivity index (χ2n) is 5.53. The summed E-state index contributed by atoms with van der Waals surface area (Å²) < 4.78 is 0.698. The number of carbonyl (C=O) groups excluding carboxylic acids is 1. The summed E-state index contributed by atoms with van der Waals surface area (Å²) in [6.45, 7) is 3.77. The zero-order valence-corrected chi connectivity index (χ0v) is 15.9. The first-order valence-electron chi connectivity index (χ1n) is 7.60. The molecule has 1 amide bonds. The standard InChI is InChI=1S/C16H19ClN2O3S2/c1-3-16(4-2,8-14(21)22)19-13(20)7-10-9-23-15(18-10)11-5-6-12(17)24-11/h5-6,9H,3-4,7-8H2,1-2H3,(H,19,20)(H,21,22). The van der Waals surface area contributed by atoms with Gasteiger partial charge in [0.25, 0.3) is 0 Å². The van der Waals surface area contributed by atoms with Crippen LogP contribution in [0.2, 0.25) is 4.34 Å². The van der Waals surface area contributed by atoms with Gasteiger partial charge in [0, 0.05) is 10.9 Å². The van der Waals surface area contributed by atoms with Crippen molar-refractivity contribution < 1.29 is 14.7 Å². The average molecular weight is 387 g/mol. The molecule has 2 aromatic rings. The summed E-state index contributed by atoms with van der Waals surface area (Å²) in [5.41, 5.74) is -0.0308. The fraction of sp³-hybridized carbons (Fsp3) is 0.438. The molecule has 0 radical (unpaired) electrons. The molecular weight excluding hydrogens is 368 g/mol. The Morgan fingerprint density at radius 1 is 1.33 bits per heavy atom. The third-order valence-corrected chi connectivity index (χ3v) is 6.22. The molecule has 0 saturated heterocycles. The first kappa shape index (κ1) is 18.9. The van der Waals surface area contributed by atoms with Crippen molar-refractivity contribution >= 4 is 46.2 Å². The number of nitrogens with one attached hydrogen (secondary N) is 1. The maximum atomic E-state index is 12.3. The molecule has 0 aliphatic heterocycles. The number of nitrogens with zero attached hydrogens (tertiary/aromatic N) is 1. The van der Waals surface area contributed by atoms with Gasteiger partial charge >= 0.3 is 5.97 Å². The number of aromatic nitrogens is 1. The molecule has 0 saturated carbocycles. The van der Waals surface area contributed by atoms with Gasteiger partial charge in [-0.25, -0.2) is 4.98 Å². The molecule has 2 aromatic heterocycles. The molecule has 0 aliphatic carbocycles. The number of halogens is 1. The van der Waals surface area contributed by atoms with E-state index in [4.69, 9.17) is 16.7 Å². The zero-order valence-electron chi connectivity index (χ0n) is 13.5. The van der Waals surface area contributed by atoms with Crippen molar-refractivity contribution in [1.29, 1.82) is 0 Å². The van der Waals surface area contributed by atoms with Crippen LogP contribution in [0.25, 0.3) is 9.88 Å². The Morgan fingerprint density at radius 3 is 2.58 bits per heavy atom. The summed E-state index contributed by atoms with van der Waals surface area (Å²) >= 11 is 8.84. The highest BCUT2D eigenvalue weighted by atomic mass is 35.5. The quantitative estimate of drug-likeness (QED) is 0.711. The highest BCUT2D eigenvalue weighted by molar-refractivity contribution is 7.23. The Morgan fingerprint density at radius 2 is 2.04 bits per heavy atom. The van der Waals surface area contributed by atoms with Gasteiger partial charge in [0.05, 0.1) is 27.7 Å². The molecular formula is C16H19ClN2O3S2. The van der Waals surface area contributed by atoms with Crippen molar-refractivity contribution in [3.05, 3.63) is 27.5 Å². The number of aliphatic carboxylic acids is 1. The van der Waals surface area contributed by atoms with Gasteiger partial charge in [0.2, 0.25) is 5.91 Å². The first-order valence-corrected chi connectivity index (χ1v) is 9.68. The van der Waals surface area contributed by atoms with Gasteiger partial charge in [0.1, 0.15) is 5.01 Å². The van der Waals surface area contributed by atoms with Gasteiger partial charge in [-0.2, -0.15) is 0 Å². The van der Waals surface area contributed by atoms with Crippen LogP contribution in [0, 0.1) is 0 Å². The number of carbonyl (C=O) groups is 2. The predicted octanol–water partition coefficient (Wildman–Crippen LogP) is 4.22. The van der Waals surface area contributed by atoms with Gasteiger partial charge < -0.3 is 10.4 Å². The third kappa shape index (κ3) is 4.78. The summed E-state index contributed by atoms with van der Waals surface area (Å²) in [5.74, 6) is -1.12. The van der Waals surface area contributed by atoms with E-state index in [1.165, 1.54) is 22.7 Å². The zero-order chi connectivity index (χ0) is 17.7. The van der Waals surface area contributed by atoms with Crippen LogP contribution >= 0.6 is 34.3 Å². The van der Waals surface area contributed by atoms with Crippen LogP contribution in [0.15, 0.2) is 17.5 Å². The maximum absolute atomic E-state index is 12.3. The second kappa shape index (κ2) is 8.09. The Hall–Kier alpha value is -1.44. The monoisotopic (exact) mass is 386 g/mol. The molecule has 8 heteroatoms. The number of carboxylic acid groups (broad SMARTS) is 1. The number of hydrogen-bond acceptors (Lipinski definition) is 5. The van der Waals surface area contributed by atoms with E-state index >= 15 is 0 Å². The fourth-order valence-electron chi connectivity index (χ4n) is 2.45. The van der Waals surface area contributed by atoms with Gasteiger partial charge in [-0.15, -0.1) is 22.7 Å². The van der Waals surface area contributed by atoms with Crippen LogP contribution in [-0.4, -0.2) is 27.5 Å². The summed E-state index contributed by atoms with van der Waals surface area (Å²) in [6, 6.07) is 3.72. The fourth-order valence-corrected chi connectivity index (χ4v) is 4.38. The number of rotatable bonds is 8. The predicted molar refractivity (Wildman–Crippen MR) is 97.8 cm³/mol.